The number of benzene rings is 1. The first kappa shape index (κ1) is 11.8. The van der Waals surface area contributed by atoms with E-state index < -0.39 is 0 Å². The van der Waals surface area contributed by atoms with Gasteiger partial charge in [0.2, 0.25) is 0 Å². The molecule has 0 amide bonds. The molecule has 1 fully saturated rings. The van der Waals surface area contributed by atoms with Crippen LogP contribution in [-0.4, -0.2) is 32.9 Å². The van der Waals surface area contributed by atoms with E-state index in [9.17, 15) is 0 Å². The Morgan fingerprint density at radius 2 is 2.38 bits per heavy atom. The fraction of sp³-hybridized carbons (Fsp3) is 0.538. The van der Waals surface area contributed by atoms with Gasteiger partial charge in [-0.05, 0) is 50.4 Å². The summed E-state index contributed by atoms with van der Waals surface area (Å²) in [6.45, 7) is 3.53. The lowest BCUT2D eigenvalue weighted by atomic mass is 10.1. The first-order valence-electron chi connectivity index (χ1n) is 5.87. The van der Waals surface area contributed by atoms with E-state index in [0.717, 1.165) is 12.5 Å². The maximum absolute atomic E-state index is 3.27. The SMILES string of the molecule is CNCC1CCN(c2cccc(SC)c2)C1. The Bertz CT molecular complexity index is 340. The van der Waals surface area contributed by atoms with Crippen LogP contribution >= 0.6 is 11.8 Å². The molecule has 0 bridgehead atoms. The molecule has 1 aromatic rings. The molecule has 1 aliphatic rings. The van der Waals surface area contributed by atoms with Crippen molar-refractivity contribution in [2.45, 2.75) is 11.3 Å². The predicted octanol–water partition coefficient (Wildman–Crippen LogP) is 2.45. The van der Waals surface area contributed by atoms with Gasteiger partial charge in [0.15, 0.2) is 0 Å². The van der Waals surface area contributed by atoms with Crippen LogP contribution in [0.3, 0.4) is 0 Å². The van der Waals surface area contributed by atoms with Gasteiger partial charge >= 0.3 is 0 Å². The number of rotatable bonds is 4. The number of hydrogen-bond donors (Lipinski definition) is 1. The third kappa shape index (κ3) is 2.71. The van der Waals surface area contributed by atoms with E-state index in [2.05, 4.69) is 40.7 Å². The van der Waals surface area contributed by atoms with E-state index in [-0.39, 0.29) is 0 Å². The summed E-state index contributed by atoms with van der Waals surface area (Å²) in [5, 5.41) is 3.27. The zero-order valence-corrected chi connectivity index (χ0v) is 10.9. The zero-order valence-electron chi connectivity index (χ0n) is 10.1. The number of hydrogen-bond acceptors (Lipinski definition) is 3. The third-order valence-corrected chi connectivity index (χ3v) is 3.92. The van der Waals surface area contributed by atoms with Gasteiger partial charge in [0.25, 0.3) is 0 Å². The van der Waals surface area contributed by atoms with Gasteiger partial charge in [-0.2, -0.15) is 0 Å². The second kappa shape index (κ2) is 5.60. The Hall–Kier alpha value is -0.670. The lowest BCUT2D eigenvalue weighted by molar-refractivity contribution is 0.549. The average molecular weight is 236 g/mol. The molecule has 1 atom stereocenters. The van der Waals surface area contributed by atoms with E-state index in [1.165, 1.54) is 30.1 Å². The van der Waals surface area contributed by atoms with E-state index in [0.29, 0.717) is 0 Å². The Labute approximate surface area is 102 Å². The van der Waals surface area contributed by atoms with Crippen LogP contribution in [0.25, 0.3) is 0 Å². The summed E-state index contributed by atoms with van der Waals surface area (Å²) < 4.78 is 0. The lowest BCUT2D eigenvalue weighted by Crippen LogP contribution is -2.24. The molecule has 0 aliphatic carbocycles. The van der Waals surface area contributed by atoms with Gasteiger partial charge in [0.1, 0.15) is 0 Å². The highest BCUT2D eigenvalue weighted by Gasteiger charge is 2.21. The van der Waals surface area contributed by atoms with Gasteiger partial charge in [-0.25, -0.2) is 0 Å². The lowest BCUT2D eigenvalue weighted by Gasteiger charge is -2.19. The molecule has 0 saturated carbocycles. The monoisotopic (exact) mass is 236 g/mol. The Balaban J connectivity index is 2.02. The zero-order chi connectivity index (χ0) is 11.4. The van der Waals surface area contributed by atoms with Gasteiger partial charge < -0.3 is 10.2 Å². The van der Waals surface area contributed by atoms with E-state index in [4.69, 9.17) is 0 Å². The summed E-state index contributed by atoms with van der Waals surface area (Å²) in [6, 6.07) is 8.86. The largest absolute Gasteiger partial charge is 0.371 e. The molecule has 16 heavy (non-hydrogen) atoms. The van der Waals surface area contributed by atoms with Gasteiger partial charge in [0, 0.05) is 23.7 Å². The summed E-state index contributed by atoms with van der Waals surface area (Å²) in [5.74, 6) is 0.808. The van der Waals surface area contributed by atoms with Crippen molar-refractivity contribution < 1.29 is 0 Å². The average Bonchev–Trinajstić information content (AvgIpc) is 2.78. The fourth-order valence-electron chi connectivity index (χ4n) is 2.33. The van der Waals surface area contributed by atoms with Crippen molar-refractivity contribution in [1.82, 2.24) is 5.32 Å². The van der Waals surface area contributed by atoms with Crippen molar-refractivity contribution >= 4 is 17.4 Å². The molecule has 0 spiro atoms. The molecule has 1 heterocycles. The normalized spacial score (nSPS) is 20.4. The molecule has 2 nitrogen and oxygen atoms in total. The van der Waals surface area contributed by atoms with Crippen molar-refractivity contribution in [3.05, 3.63) is 24.3 Å². The third-order valence-electron chi connectivity index (χ3n) is 3.20. The Morgan fingerprint density at radius 3 is 3.12 bits per heavy atom. The number of nitrogens with zero attached hydrogens (tertiary/aromatic N) is 1. The summed E-state index contributed by atoms with van der Waals surface area (Å²) in [7, 11) is 2.04. The van der Waals surface area contributed by atoms with Gasteiger partial charge in [-0.3, -0.25) is 0 Å². The first-order chi connectivity index (χ1) is 7.83. The van der Waals surface area contributed by atoms with Gasteiger partial charge in [0.05, 0.1) is 0 Å². The van der Waals surface area contributed by atoms with E-state index in [1.54, 1.807) is 0 Å². The van der Waals surface area contributed by atoms with Crippen LogP contribution in [-0.2, 0) is 0 Å². The van der Waals surface area contributed by atoms with E-state index >= 15 is 0 Å². The maximum Gasteiger partial charge on any atom is 0.0377 e. The fourth-order valence-corrected chi connectivity index (χ4v) is 2.78. The molecule has 1 saturated heterocycles. The molecular formula is C13H20N2S. The first-order valence-corrected chi connectivity index (χ1v) is 7.09. The van der Waals surface area contributed by atoms with Crippen molar-refractivity contribution in [1.29, 1.82) is 0 Å². The second-order valence-electron chi connectivity index (χ2n) is 4.36. The van der Waals surface area contributed by atoms with Gasteiger partial charge in [-0.15, -0.1) is 11.8 Å². The molecule has 1 unspecified atom stereocenters. The summed E-state index contributed by atoms with van der Waals surface area (Å²) in [4.78, 5) is 3.86. The number of anilines is 1. The van der Waals surface area contributed by atoms with Crippen molar-refractivity contribution in [2.75, 3.05) is 37.8 Å². The summed E-state index contributed by atoms with van der Waals surface area (Å²) in [6.07, 6.45) is 3.44. The molecule has 3 heteroatoms. The topological polar surface area (TPSA) is 15.3 Å². The minimum absolute atomic E-state index is 0.808. The number of nitrogens with one attached hydrogen (secondary N) is 1. The molecule has 0 aromatic heterocycles. The molecule has 0 radical (unpaired) electrons. The molecule has 1 N–H and O–H groups in total. The Kier molecular flexibility index (Phi) is 4.13. The van der Waals surface area contributed by atoms with Crippen LogP contribution in [0.4, 0.5) is 5.69 Å². The highest BCUT2D eigenvalue weighted by molar-refractivity contribution is 7.98. The van der Waals surface area contributed by atoms with Crippen molar-refractivity contribution in [3.63, 3.8) is 0 Å². The number of thioether (sulfide) groups is 1. The summed E-state index contributed by atoms with van der Waals surface area (Å²) >= 11 is 1.81. The minimum Gasteiger partial charge on any atom is -0.371 e. The highest BCUT2D eigenvalue weighted by Crippen LogP contribution is 2.26. The van der Waals surface area contributed by atoms with E-state index in [1.807, 2.05) is 18.8 Å². The smallest absolute Gasteiger partial charge is 0.0377 e. The van der Waals surface area contributed by atoms with Crippen molar-refractivity contribution in [3.8, 4) is 0 Å². The van der Waals surface area contributed by atoms with Crippen LogP contribution in [0, 0.1) is 5.92 Å². The second-order valence-corrected chi connectivity index (χ2v) is 5.24. The van der Waals surface area contributed by atoms with Crippen LogP contribution in [0.1, 0.15) is 6.42 Å². The Morgan fingerprint density at radius 1 is 1.50 bits per heavy atom. The van der Waals surface area contributed by atoms with Crippen molar-refractivity contribution in [2.24, 2.45) is 5.92 Å². The predicted molar refractivity (Wildman–Crippen MR) is 72.5 cm³/mol. The van der Waals surface area contributed by atoms with Gasteiger partial charge in [-0.1, -0.05) is 6.07 Å². The minimum atomic E-state index is 0.808. The van der Waals surface area contributed by atoms with Crippen LogP contribution < -0.4 is 10.2 Å². The maximum atomic E-state index is 3.27. The van der Waals surface area contributed by atoms with Crippen LogP contribution in [0.2, 0.25) is 0 Å². The van der Waals surface area contributed by atoms with Crippen LogP contribution in [0.5, 0.6) is 0 Å². The molecule has 88 valence electrons. The molecular weight excluding hydrogens is 216 g/mol. The molecule has 1 aromatic carbocycles. The molecule has 1 aliphatic heterocycles. The standard InChI is InChI=1S/C13H20N2S/c1-14-9-11-6-7-15(10-11)12-4-3-5-13(8-12)16-2/h3-5,8,11,14H,6-7,9-10H2,1-2H3. The van der Waals surface area contributed by atoms with Crippen LogP contribution in [0.15, 0.2) is 29.2 Å². The quantitative estimate of drug-likeness (QED) is 0.809. The molecule has 2 rings (SSSR count). The highest BCUT2D eigenvalue weighted by atomic mass is 32.2. The summed E-state index contributed by atoms with van der Waals surface area (Å²) in [5.41, 5.74) is 1.38.